The van der Waals surface area contributed by atoms with Crippen LogP contribution in [0.1, 0.15) is 44.9 Å². The third kappa shape index (κ3) is 3.41. The zero-order valence-electron chi connectivity index (χ0n) is 10.9. The quantitative estimate of drug-likeness (QED) is 0.717. The summed E-state index contributed by atoms with van der Waals surface area (Å²) in [5.41, 5.74) is -0.518. The van der Waals surface area contributed by atoms with Crippen molar-refractivity contribution in [1.82, 2.24) is 5.32 Å². The first-order chi connectivity index (χ1) is 8.15. The number of ether oxygens (including phenoxy) is 2. The Balaban J connectivity index is 1.86. The van der Waals surface area contributed by atoms with Crippen molar-refractivity contribution in [3.63, 3.8) is 0 Å². The predicted octanol–water partition coefficient (Wildman–Crippen LogP) is 1.42. The van der Waals surface area contributed by atoms with Crippen LogP contribution in [0.4, 0.5) is 0 Å². The van der Waals surface area contributed by atoms with Gasteiger partial charge in [-0.1, -0.05) is 6.42 Å². The van der Waals surface area contributed by atoms with Gasteiger partial charge < -0.3 is 19.9 Å². The molecule has 4 nitrogen and oxygen atoms in total. The van der Waals surface area contributed by atoms with E-state index in [1.165, 1.54) is 19.3 Å². The van der Waals surface area contributed by atoms with Gasteiger partial charge in [0.25, 0.3) is 0 Å². The molecule has 0 spiro atoms. The van der Waals surface area contributed by atoms with Gasteiger partial charge in [0.05, 0.1) is 5.60 Å². The Morgan fingerprint density at radius 1 is 1.24 bits per heavy atom. The van der Waals surface area contributed by atoms with Crippen LogP contribution < -0.4 is 5.32 Å². The second-order valence-corrected chi connectivity index (χ2v) is 5.56. The van der Waals surface area contributed by atoms with Gasteiger partial charge in [0.2, 0.25) is 0 Å². The minimum absolute atomic E-state index is 0.186. The van der Waals surface area contributed by atoms with Crippen molar-refractivity contribution in [3.8, 4) is 0 Å². The third-order valence-corrected chi connectivity index (χ3v) is 4.20. The van der Waals surface area contributed by atoms with Gasteiger partial charge in [-0.3, -0.25) is 0 Å². The average molecular weight is 243 g/mol. The number of aliphatic hydroxyl groups is 1. The normalized spacial score (nSPS) is 37.4. The van der Waals surface area contributed by atoms with Gasteiger partial charge in [0.15, 0.2) is 6.29 Å². The molecular weight excluding hydrogens is 218 g/mol. The standard InChI is InChI=1S/C13H25NO3/c1-16-12(17-2)6-7-13(15)8-10-4-3-5-11(9-13)14-10/h10-12,14-15H,3-9H2,1-2H3. The van der Waals surface area contributed by atoms with E-state index in [0.717, 1.165) is 25.7 Å². The van der Waals surface area contributed by atoms with Crippen LogP contribution in [0.3, 0.4) is 0 Å². The number of methoxy groups -OCH3 is 2. The summed E-state index contributed by atoms with van der Waals surface area (Å²) < 4.78 is 10.4. The van der Waals surface area contributed by atoms with Gasteiger partial charge in [-0.2, -0.15) is 0 Å². The molecule has 2 N–H and O–H groups in total. The molecule has 4 heteroatoms. The highest BCUT2D eigenvalue weighted by Gasteiger charge is 2.40. The fourth-order valence-corrected chi connectivity index (χ4v) is 3.36. The first kappa shape index (κ1) is 13.3. The second-order valence-electron chi connectivity index (χ2n) is 5.56. The zero-order valence-corrected chi connectivity index (χ0v) is 10.9. The Labute approximate surface area is 104 Å². The van der Waals surface area contributed by atoms with Crippen LogP contribution in [0.15, 0.2) is 0 Å². The van der Waals surface area contributed by atoms with E-state index in [9.17, 15) is 5.11 Å². The summed E-state index contributed by atoms with van der Waals surface area (Å²) in [5.74, 6) is 0. The molecule has 0 amide bonds. The van der Waals surface area contributed by atoms with E-state index in [-0.39, 0.29) is 6.29 Å². The van der Waals surface area contributed by atoms with Crippen LogP contribution in [0.25, 0.3) is 0 Å². The summed E-state index contributed by atoms with van der Waals surface area (Å²) in [7, 11) is 3.30. The van der Waals surface area contributed by atoms with Crippen molar-refractivity contribution in [3.05, 3.63) is 0 Å². The molecule has 0 radical (unpaired) electrons. The Hall–Kier alpha value is -0.160. The second kappa shape index (κ2) is 5.65. The lowest BCUT2D eigenvalue weighted by Gasteiger charge is -2.45. The van der Waals surface area contributed by atoms with Gasteiger partial charge >= 0.3 is 0 Å². The highest BCUT2D eigenvalue weighted by Crippen LogP contribution is 2.35. The molecule has 0 aromatic rings. The Kier molecular flexibility index (Phi) is 4.42. The first-order valence-corrected chi connectivity index (χ1v) is 6.69. The summed E-state index contributed by atoms with van der Waals surface area (Å²) in [5, 5.41) is 14.3. The van der Waals surface area contributed by atoms with Crippen LogP contribution >= 0.6 is 0 Å². The number of hydrogen-bond acceptors (Lipinski definition) is 4. The van der Waals surface area contributed by atoms with Crippen molar-refractivity contribution in [2.24, 2.45) is 0 Å². The summed E-state index contributed by atoms with van der Waals surface area (Å²) in [6.45, 7) is 0. The molecular formula is C13H25NO3. The molecule has 0 aromatic heterocycles. The van der Waals surface area contributed by atoms with Crippen molar-refractivity contribution < 1.29 is 14.6 Å². The smallest absolute Gasteiger partial charge is 0.156 e. The molecule has 2 aliphatic heterocycles. The summed E-state index contributed by atoms with van der Waals surface area (Å²) in [6.07, 6.45) is 6.82. The topological polar surface area (TPSA) is 50.7 Å². The van der Waals surface area contributed by atoms with Crippen molar-refractivity contribution in [2.75, 3.05) is 14.2 Å². The van der Waals surface area contributed by atoms with E-state index in [1.54, 1.807) is 14.2 Å². The predicted molar refractivity (Wildman–Crippen MR) is 65.8 cm³/mol. The molecule has 2 saturated heterocycles. The number of hydrogen-bond donors (Lipinski definition) is 2. The van der Waals surface area contributed by atoms with Gasteiger partial charge in [0, 0.05) is 32.7 Å². The van der Waals surface area contributed by atoms with Crippen molar-refractivity contribution >= 4 is 0 Å². The Morgan fingerprint density at radius 2 is 1.82 bits per heavy atom. The molecule has 2 fully saturated rings. The molecule has 2 bridgehead atoms. The maximum absolute atomic E-state index is 10.7. The average Bonchev–Trinajstić information content (AvgIpc) is 2.29. The zero-order chi connectivity index (χ0) is 12.3. The van der Waals surface area contributed by atoms with E-state index in [2.05, 4.69) is 5.32 Å². The van der Waals surface area contributed by atoms with E-state index in [4.69, 9.17) is 9.47 Å². The van der Waals surface area contributed by atoms with Gasteiger partial charge in [-0.05, 0) is 32.1 Å². The SMILES string of the molecule is COC(CCC1(O)CC2CCCC(C1)N2)OC. The molecule has 17 heavy (non-hydrogen) atoms. The molecule has 0 saturated carbocycles. The fraction of sp³-hybridized carbons (Fsp3) is 1.00. The summed E-state index contributed by atoms with van der Waals surface area (Å²) >= 11 is 0. The molecule has 2 rings (SSSR count). The molecule has 2 heterocycles. The van der Waals surface area contributed by atoms with E-state index in [0.29, 0.717) is 12.1 Å². The lowest BCUT2D eigenvalue weighted by molar-refractivity contribution is -0.123. The largest absolute Gasteiger partial charge is 0.390 e. The van der Waals surface area contributed by atoms with Crippen molar-refractivity contribution in [2.45, 2.75) is 68.9 Å². The number of rotatable bonds is 5. The number of piperidine rings is 2. The molecule has 2 unspecified atom stereocenters. The molecule has 2 atom stereocenters. The highest BCUT2D eigenvalue weighted by molar-refractivity contribution is 4.97. The lowest BCUT2D eigenvalue weighted by Crippen LogP contribution is -2.55. The molecule has 2 aliphatic rings. The highest BCUT2D eigenvalue weighted by atomic mass is 16.7. The Morgan fingerprint density at radius 3 is 2.35 bits per heavy atom. The summed E-state index contributed by atoms with van der Waals surface area (Å²) in [6, 6.07) is 1.02. The number of nitrogens with one attached hydrogen (secondary N) is 1. The van der Waals surface area contributed by atoms with Crippen LogP contribution in [0, 0.1) is 0 Å². The monoisotopic (exact) mass is 243 g/mol. The van der Waals surface area contributed by atoms with Crippen LogP contribution in [-0.4, -0.2) is 43.3 Å². The molecule has 0 aromatic carbocycles. The maximum atomic E-state index is 10.7. The van der Waals surface area contributed by atoms with Gasteiger partial charge in [-0.15, -0.1) is 0 Å². The maximum Gasteiger partial charge on any atom is 0.156 e. The van der Waals surface area contributed by atoms with Gasteiger partial charge in [-0.25, -0.2) is 0 Å². The van der Waals surface area contributed by atoms with E-state index < -0.39 is 5.60 Å². The van der Waals surface area contributed by atoms with Crippen LogP contribution in [0.5, 0.6) is 0 Å². The third-order valence-electron chi connectivity index (χ3n) is 4.20. The van der Waals surface area contributed by atoms with Gasteiger partial charge in [0.1, 0.15) is 0 Å². The minimum Gasteiger partial charge on any atom is -0.390 e. The fourth-order valence-electron chi connectivity index (χ4n) is 3.36. The number of fused-ring (bicyclic) bond motifs is 2. The Bertz CT molecular complexity index is 231. The van der Waals surface area contributed by atoms with E-state index >= 15 is 0 Å². The lowest BCUT2D eigenvalue weighted by atomic mass is 9.75. The van der Waals surface area contributed by atoms with Crippen LogP contribution in [-0.2, 0) is 9.47 Å². The van der Waals surface area contributed by atoms with Crippen LogP contribution in [0.2, 0.25) is 0 Å². The van der Waals surface area contributed by atoms with Crippen molar-refractivity contribution in [1.29, 1.82) is 0 Å². The first-order valence-electron chi connectivity index (χ1n) is 6.69. The van der Waals surface area contributed by atoms with E-state index in [1.807, 2.05) is 0 Å². The molecule has 100 valence electrons. The minimum atomic E-state index is -0.518. The molecule has 0 aliphatic carbocycles. The summed E-state index contributed by atoms with van der Waals surface area (Å²) in [4.78, 5) is 0.